The van der Waals surface area contributed by atoms with Gasteiger partial charge < -0.3 is 0 Å². The Morgan fingerprint density at radius 3 is 2.35 bits per heavy atom. The van der Waals surface area contributed by atoms with Crippen molar-refractivity contribution in [1.29, 1.82) is 5.41 Å². The maximum atomic E-state index is 12.0. The Bertz CT molecular complexity index is 861. The molecule has 0 amide bonds. The molecular weight excluding hydrogens is 318 g/mol. The van der Waals surface area contributed by atoms with E-state index in [0.29, 0.717) is 5.56 Å². The van der Waals surface area contributed by atoms with Crippen LogP contribution in [-0.2, 0) is 10.0 Å². The SMILES string of the molecule is N=C(NS(=O)(=O)/C=C/c1ccccc1[N+](=O)[O-])c1ccccc1. The van der Waals surface area contributed by atoms with E-state index in [1.807, 2.05) is 0 Å². The van der Waals surface area contributed by atoms with Crippen LogP contribution in [0.5, 0.6) is 0 Å². The molecule has 0 bridgehead atoms. The Kier molecular flexibility index (Phi) is 4.87. The summed E-state index contributed by atoms with van der Waals surface area (Å²) < 4.78 is 26.0. The Morgan fingerprint density at radius 1 is 1.09 bits per heavy atom. The largest absolute Gasteiger partial charge is 0.283 e. The maximum Gasteiger partial charge on any atom is 0.276 e. The molecule has 0 aliphatic heterocycles. The molecule has 0 heterocycles. The summed E-state index contributed by atoms with van der Waals surface area (Å²) in [5.41, 5.74) is 0.376. The second kappa shape index (κ2) is 6.84. The van der Waals surface area contributed by atoms with Gasteiger partial charge in [0.1, 0.15) is 5.84 Å². The van der Waals surface area contributed by atoms with E-state index in [0.717, 1.165) is 11.5 Å². The van der Waals surface area contributed by atoms with E-state index in [4.69, 9.17) is 5.41 Å². The van der Waals surface area contributed by atoms with Gasteiger partial charge in [0.05, 0.1) is 15.9 Å². The number of rotatable bonds is 5. The van der Waals surface area contributed by atoms with Gasteiger partial charge in [-0.1, -0.05) is 42.5 Å². The number of amidine groups is 1. The molecule has 0 aromatic heterocycles. The minimum atomic E-state index is -3.95. The predicted molar refractivity (Wildman–Crippen MR) is 87.5 cm³/mol. The summed E-state index contributed by atoms with van der Waals surface area (Å²) in [7, 11) is -3.95. The molecule has 0 saturated carbocycles. The second-order valence-electron chi connectivity index (χ2n) is 4.51. The number of nitrogens with zero attached hydrogens (tertiary/aromatic N) is 1. The van der Waals surface area contributed by atoms with Crippen LogP contribution in [0.2, 0.25) is 0 Å². The Hall–Kier alpha value is -3.00. The fourth-order valence-corrected chi connectivity index (χ4v) is 2.59. The summed E-state index contributed by atoms with van der Waals surface area (Å²) >= 11 is 0. The summed E-state index contributed by atoms with van der Waals surface area (Å²) in [5, 5.41) is 19.4. The quantitative estimate of drug-likeness (QED) is 0.379. The normalized spacial score (nSPS) is 11.3. The zero-order chi connectivity index (χ0) is 16.9. The summed E-state index contributed by atoms with van der Waals surface area (Å²) in [6.07, 6.45) is 1.12. The summed E-state index contributed by atoms with van der Waals surface area (Å²) in [5.74, 6) is -0.280. The summed E-state index contributed by atoms with van der Waals surface area (Å²) in [6.45, 7) is 0. The molecule has 8 heteroatoms. The average Bonchev–Trinajstić information content (AvgIpc) is 2.53. The lowest BCUT2D eigenvalue weighted by Crippen LogP contribution is -2.28. The van der Waals surface area contributed by atoms with E-state index >= 15 is 0 Å². The molecule has 0 radical (unpaired) electrons. The van der Waals surface area contributed by atoms with Crippen LogP contribution in [-0.4, -0.2) is 19.2 Å². The lowest BCUT2D eigenvalue weighted by atomic mass is 10.2. The van der Waals surface area contributed by atoms with Gasteiger partial charge in [-0.05, 0) is 12.1 Å². The average molecular weight is 331 g/mol. The van der Waals surface area contributed by atoms with Crippen LogP contribution in [0, 0.1) is 15.5 Å². The molecule has 0 unspecified atom stereocenters. The highest BCUT2D eigenvalue weighted by atomic mass is 32.2. The molecule has 118 valence electrons. The third-order valence-electron chi connectivity index (χ3n) is 2.87. The summed E-state index contributed by atoms with van der Waals surface area (Å²) in [6, 6.07) is 14.1. The number of nitro groups is 1. The molecule has 0 aliphatic rings. The second-order valence-corrected chi connectivity index (χ2v) is 6.07. The molecule has 0 saturated heterocycles. The van der Waals surface area contributed by atoms with Crippen LogP contribution in [0.1, 0.15) is 11.1 Å². The van der Waals surface area contributed by atoms with Crippen molar-refractivity contribution in [3.63, 3.8) is 0 Å². The number of hydrogen-bond acceptors (Lipinski definition) is 5. The zero-order valence-electron chi connectivity index (χ0n) is 11.8. The van der Waals surface area contributed by atoms with Gasteiger partial charge >= 0.3 is 0 Å². The van der Waals surface area contributed by atoms with Gasteiger partial charge in [-0.3, -0.25) is 20.2 Å². The Labute approximate surface area is 133 Å². The van der Waals surface area contributed by atoms with Gasteiger partial charge in [0.15, 0.2) is 0 Å². The van der Waals surface area contributed by atoms with Crippen LogP contribution in [0.3, 0.4) is 0 Å². The van der Waals surface area contributed by atoms with Crippen molar-refractivity contribution in [3.05, 3.63) is 81.2 Å². The van der Waals surface area contributed by atoms with Gasteiger partial charge in [0, 0.05) is 11.6 Å². The van der Waals surface area contributed by atoms with Crippen LogP contribution in [0.15, 0.2) is 60.0 Å². The van der Waals surface area contributed by atoms with Crippen molar-refractivity contribution < 1.29 is 13.3 Å². The first-order valence-electron chi connectivity index (χ1n) is 6.47. The fourth-order valence-electron chi connectivity index (χ4n) is 1.80. The van der Waals surface area contributed by atoms with Gasteiger partial charge in [-0.15, -0.1) is 0 Å². The van der Waals surface area contributed by atoms with Crippen molar-refractivity contribution in [2.75, 3.05) is 0 Å². The molecule has 0 spiro atoms. The van der Waals surface area contributed by atoms with Crippen molar-refractivity contribution in [2.24, 2.45) is 0 Å². The van der Waals surface area contributed by atoms with Gasteiger partial charge in [0.2, 0.25) is 0 Å². The maximum absolute atomic E-state index is 12.0. The fraction of sp³-hybridized carbons (Fsp3) is 0. The number of sulfonamides is 1. The number of hydrogen-bond donors (Lipinski definition) is 2. The van der Waals surface area contributed by atoms with Crippen LogP contribution >= 0.6 is 0 Å². The molecule has 2 aromatic rings. The lowest BCUT2D eigenvalue weighted by Gasteiger charge is -2.06. The molecule has 23 heavy (non-hydrogen) atoms. The van der Waals surface area contributed by atoms with E-state index in [-0.39, 0.29) is 17.1 Å². The molecule has 0 aliphatic carbocycles. The molecule has 2 rings (SSSR count). The molecule has 0 atom stereocenters. The van der Waals surface area contributed by atoms with Crippen LogP contribution < -0.4 is 4.72 Å². The van der Waals surface area contributed by atoms with E-state index in [9.17, 15) is 18.5 Å². The van der Waals surface area contributed by atoms with Crippen LogP contribution in [0.4, 0.5) is 5.69 Å². The number of benzene rings is 2. The van der Waals surface area contributed by atoms with Crippen molar-refractivity contribution in [1.82, 2.24) is 4.72 Å². The lowest BCUT2D eigenvalue weighted by molar-refractivity contribution is -0.385. The first kappa shape index (κ1) is 16.4. The van der Waals surface area contributed by atoms with Crippen molar-refractivity contribution in [3.8, 4) is 0 Å². The molecule has 0 fully saturated rings. The van der Waals surface area contributed by atoms with E-state index < -0.39 is 14.9 Å². The van der Waals surface area contributed by atoms with E-state index in [2.05, 4.69) is 4.72 Å². The number of nitrogens with one attached hydrogen (secondary N) is 2. The highest BCUT2D eigenvalue weighted by Gasteiger charge is 2.13. The molecule has 7 nitrogen and oxygen atoms in total. The highest BCUT2D eigenvalue weighted by Crippen LogP contribution is 2.19. The minimum Gasteiger partial charge on any atom is -0.283 e. The number of para-hydroxylation sites is 1. The monoisotopic (exact) mass is 331 g/mol. The Morgan fingerprint density at radius 2 is 1.70 bits per heavy atom. The smallest absolute Gasteiger partial charge is 0.276 e. The van der Waals surface area contributed by atoms with E-state index in [1.165, 1.54) is 18.2 Å². The van der Waals surface area contributed by atoms with Gasteiger partial charge in [-0.25, -0.2) is 8.42 Å². The number of nitro benzene ring substituents is 1. The third kappa shape index (κ3) is 4.48. The highest BCUT2D eigenvalue weighted by molar-refractivity contribution is 7.93. The van der Waals surface area contributed by atoms with Gasteiger partial charge in [-0.2, -0.15) is 0 Å². The van der Waals surface area contributed by atoms with Crippen molar-refractivity contribution >= 4 is 27.6 Å². The predicted octanol–water partition coefficient (Wildman–Crippen LogP) is 2.51. The molecular formula is C15H13N3O4S. The van der Waals surface area contributed by atoms with Crippen molar-refractivity contribution in [2.45, 2.75) is 0 Å². The van der Waals surface area contributed by atoms with E-state index in [1.54, 1.807) is 36.4 Å². The third-order valence-corrected chi connectivity index (χ3v) is 3.85. The topological polar surface area (TPSA) is 113 Å². The Balaban J connectivity index is 2.19. The first-order chi connectivity index (χ1) is 10.9. The first-order valence-corrected chi connectivity index (χ1v) is 8.02. The minimum absolute atomic E-state index is 0.161. The standard InChI is InChI=1S/C15H13N3O4S/c16-15(13-7-2-1-3-8-13)17-23(21,22)11-10-12-6-4-5-9-14(12)18(19)20/h1-11H,(H2,16,17)/b11-10+. The molecule has 2 N–H and O–H groups in total. The van der Waals surface area contributed by atoms with Crippen LogP contribution in [0.25, 0.3) is 6.08 Å². The van der Waals surface area contributed by atoms with Gasteiger partial charge in [0.25, 0.3) is 15.7 Å². The zero-order valence-corrected chi connectivity index (χ0v) is 12.7. The summed E-state index contributed by atoms with van der Waals surface area (Å²) in [4.78, 5) is 10.3. The molecule has 2 aromatic carbocycles.